The first-order valence-electron chi connectivity index (χ1n) is 9.99. The molecule has 2 aromatic carbocycles. The van der Waals surface area contributed by atoms with E-state index in [9.17, 15) is 0 Å². The Morgan fingerprint density at radius 2 is 1.54 bits per heavy atom. The summed E-state index contributed by atoms with van der Waals surface area (Å²) >= 11 is 0. The molecule has 144 valence electrons. The van der Waals surface area contributed by atoms with Crippen molar-refractivity contribution < 1.29 is 0 Å². The second-order valence-corrected chi connectivity index (χ2v) is 7.06. The van der Waals surface area contributed by atoms with Gasteiger partial charge in [0.25, 0.3) is 0 Å². The van der Waals surface area contributed by atoms with E-state index in [1.165, 1.54) is 5.56 Å². The van der Waals surface area contributed by atoms with Gasteiger partial charge in [-0.15, -0.1) is 0 Å². The third-order valence-corrected chi connectivity index (χ3v) is 5.31. The number of aromatic nitrogens is 2. The van der Waals surface area contributed by atoms with E-state index in [-0.39, 0.29) is 0 Å². The van der Waals surface area contributed by atoms with Crippen LogP contribution in [0.4, 0.5) is 17.3 Å². The molecule has 1 aliphatic rings. The fraction of sp³-hybridized carbons (Fsp3) is 0.304. The molecular weight excluding hydrogens is 346 g/mol. The van der Waals surface area contributed by atoms with Gasteiger partial charge in [0.1, 0.15) is 18.0 Å². The molecule has 0 bridgehead atoms. The quantitative estimate of drug-likeness (QED) is 0.654. The highest BCUT2D eigenvalue weighted by atomic mass is 15.3. The number of nitrogens with zero attached hydrogens (tertiary/aromatic N) is 5. The Kier molecular flexibility index (Phi) is 5.83. The minimum absolute atomic E-state index is 0.769. The van der Waals surface area contributed by atoms with Gasteiger partial charge in [-0.1, -0.05) is 55.5 Å². The summed E-state index contributed by atoms with van der Waals surface area (Å²) in [5.74, 6) is 1.94. The van der Waals surface area contributed by atoms with E-state index in [1.54, 1.807) is 6.33 Å². The summed E-state index contributed by atoms with van der Waals surface area (Å²) < 4.78 is 0. The van der Waals surface area contributed by atoms with Crippen LogP contribution >= 0.6 is 0 Å². The number of piperazine rings is 1. The molecule has 0 N–H and O–H groups in total. The second kappa shape index (κ2) is 8.85. The van der Waals surface area contributed by atoms with Crippen molar-refractivity contribution in [2.45, 2.75) is 13.5 Å². The smallest absolute Gasteiger partial charge is 0.138 e. The number of anilines is 3. The van der Waals surface area contributed by atoms with E-state index in [0.29, 0.717) is 0 Å². The van der Waals surface area contributed by atoms with Crippen LogP contribution in [-0.2, 0) is 6.54 Å². The van der Waals surface area contributed by atoms with Crippen LogP contribution < -0.4 is 9.80 Å². The highest BCUT2D eigenvalue weighted by Gasteiger charge is 2.19. The largest absolute Gasteiger partial charge is 0.354 e. The first-order chi connectivity index (χ1) is 13.8. The maximum Gasteiger partial charge on any atom is 0.138 e. The molecule has 0 saturated carbocycles. The summed E-state index contributed by atoms with van der Waals surface area (Å²) in [6.45, 7) is 8.29. The predicted octanol–water partition coefficient (Wildman–Crippen LogP) is 3.96. The van der Waals surface area contributed by atoms with Crippen molar-refractivity contribution in [1.82, 2.24) is 14.9 Å². The molecule has 0 atom stereocenters. The van der Waals surface area contributed by atoms with Gasteiger partial charge in [0.2, 0.25) is 0 Å². The lowest BCUT2D eigenvalue weighted by Gasteiger charge is -2.35. The van der Waals surface area contributed by atoms with Gasteiger partial charge >= 0.3 is 0 Å². The fourth-order valence-electron chi connectivity index (χ4n) is 3.63. The van der Waals surface area contributed by atoms with Crippen LogP contribution in [0, 0.1) is 0 Å². The average molecular weight is 374 g/mol. The first kappa shape index (κ1) is 18.4. The molecule has 0 unspecified atom stereocenters. The molecule has 3 aromatic rings. The summed E-state index contributed by atoms with van der Waals surface area (Å²) in [6.07, 6.45) is 1.69. The van der Waals surface area contributed by atoms with Crippen LogP contribution in [0.1, 0.15) is 12.5 Å². The van der Waals surface area contributed by atoms with E-state index in [4.69, 9.17) is 0 Å². The van der Waals surface area contributed by atoms with Gasteiger partial charge in [-0.25, -0.2) is 9.97 Å². The molecule has 28 heavy (non-hydrogen) atoms. The Labute approximate surface area is 167 Å². The molecule has 1 fully saturated rings. The van der Waals surface area contributed by atoms with Crippen molar-refractivity contribution in [3.63, 3.8) is 0 Å². The minimum Gasteiger partial charge on any atom is -0.354 e. The van der Waals surface area contributed by atoms with Crippen molar-refractivity contribution in [2.24, 2.45) is 0 Å². The molecule has 1 saturated heterocycles. The number of para-hydroxylation sites is 1. The van der Waals surface area contributed by atoms with Crippen LogP contribution in [-0.4, -0.2) is 47.6 Å². The molecule has 5 nitrogen and oxygen atoms in total. The Balaban J connectivity index is 1.61. The molecule has 4 rings (SSSR count). The van der Waals surface area contributed by atoms with Gasteiger partial charge in [0.05, 0.1) is 0 Å². The maximum atomic E-state index is 4.62. The monoisotopic (exact) mass is 373 g/mol. The third-order valence-electron chi connectivity index (χ3n) is 5.31. The van der Waals surface area contributed by atoms with Gasteiger partial charge in [-0.3, -0.25) is 0 Å². The lowest BCUT2D eigenvalue weighted by Crippen LogP contribution is -2.46. The molecule has 2 heterocycles. The minimum atomic E-state index is 0.769. The highest BCUT2D eigenvalue weighted by molar-refractivity contribution is 5.62. The lowest BCUT2D eigenvalue weighted by atomic mass is 10.2. The highest BCUT2D eigenvalue weighted by Crippen LogP contribution is 2.28. The summed E-state index contributed by atoms with van der Waals surface area (Å²) in [7, 11) is 0. The van der Waals surface area contributed by atoms with E-state index in [2.05, 4.69) is 92.3 Å². The summed E-state index contributed by atoms with van der Waals surface area (Å²) in [6, 6.07) is 23.1. The Hall–Kier alpha value is -2.92. The van der Waals surface area contributed by atoms with Gasteiger partial charge in [-0.05, 0) is 24.2 Å². The molecule has 1 aromatic heterocycles. The van der Waals surface area contributed by atoms with Gasteiger partial charge in [0.15, 0.2) is 0 Å². The Bertz CT molecular complexity index is 860. The topological polar surface area (TPSA) is 35.5 Å². The van der Waals surface area contributed by atoms with Gasteiger partial charge in [-0.2, -0.15) is 0 Å². The van der Waals surface area contributed by atoms with E-state index < -0.39 is 0 Å². The number of hydrogen-bond acceptors (Lipinski definition) is 5. The van der Waals surface area contributed by atoms with Crippen molar-refractivity contribution >= 4 is 17.3 Å². The summed E-state index contributed by atoms with van der Waals surface area (Å²) in [5.41, 5.74) is 2.38. The zero-order chi connectivity index (χ0) is 19.2. The Morgan fingerprint density at radius 1 is 0.857 bits per heavy atom. The molecule has 5 heteroatoms. The molecule has 0 spiro atoms. The first-order valence-corrected chi connectivity index (χ1v) is 9.99. The van der Waals surface area contributed by atoms with Crippen molar-refractivity contribution in [1.29, 1.82) is 0 Å². The maximum absolute atomic E-state index is 4.62. The number of likely N-dealkylation sites (N-methyl/N-ethyl adjacent to an activating group) is 1. The normalized spacial score (nSPS) is 14.8. The van der Waals surface area contributed by atoms with Crippen molar-refractivity contribution in [3.8, 4) is 0 Å². The average Bonchev–Trinajstić information content (AvgIpc) is 2.79. The van der Waals surface area contributed by atoms with Gasteiger partial charge < -0.3 is 14.7 Å². The van der Waals surface area contributed by atoms with Crippen LogP contribution in [0.5, 0.6) is 0 Å². The zero-order valence-electron chi connectivity index (χ0n) is 16.4. The molecule has 0 amide bonds. The molecule has 0 radical (unpaired) electrons. The number of rotatable bonds is 6. The third kappa shape index (κ3) is 4.31. The van der Waals surface area contributed by atoms with E-state index >= 15 is 0 Å². The Morgan fingerprint density at radius 3 is 2.21 bits per heavy atom. The molecule has 1 aliphatic heterocycles. The molecular formula is C23H27N5. The fourth-order valence-corrected chi connectivity index (χ4v) is 3.63. The lowest BCUT2D eigenvalue weighted by molar-refractivity contribution is 0.270. The van der Waals surface area contributed by atoms with Gasteiger partial charge in [0, 0.05) is 44.5 Å². The summed E-state index contributed by atoms with van der Waals surface area (Å²) in [5, 5.41) is 0. The summed E-state index contributed by atoms with van der Waals surface area (Å²) in [4.78, 5) is 16.3. The van der Waals surface area contributed by atoms with E-state index in [0.717, 1.165) is 56.6 Å². The van der Waals surface area contributed by atoms with Crippen LogP contribution in [0.25, 0.3) is 0 Å². The van der Waals surface area contributed by atoms with Crippen LogP contribution in [0.3, 0.4) is 0 Å². The standard InChI is InChI=1S/C23H27N5/c1-2-26-13-15-27(16-14-26)22-17-23(25-19-24-22)28(21-11-7-4-8-12-21)18-20-9-5-3-6-10-20/h3-12,17,19H,2,13-16,18H2,1H3. The van der Waals surface area contributed by atoms with Crippen LogP contribution in [0.2, 0.25) is 0 Å². The van der Waals surface area contributed by atoms with Crippen molar-refractivity contribution in [2.75, 3.05) is 42.5 Å². The number of benzene rings is 2. The zero-order valence-corrected chi connectivity index (χ0v) is 16.4. The second-order valence-electron chi connectivity index (χ2n) is 7.06. The molecule has 0 aliphatic carbocycles. The van der Waals surface area contributed by atoms with Crippen molar-refractivity contribution in [3.05, 3.63) is 78.6 Å². The van der Waals surface area contributed by atoms with Crippen LogP contribution in [0.15, 0.2) is 73.1 Å². The van der Waals surface area contributed by atoms with E-state index in [1.807, 2.05) is 6.07 Å². The predicted molar refractivity (Wildman–Crippen MR) is 115 cm³/mol. The SMILES string of the molecule is CCN1CCN(c2cc(N(Cc3ccccc3)c3ccccc3)ncn2)CC1. The number of hydrogen-bond donors (Lipinski definition) is 0.